The van der Waals surface area contributed by atoms with E-state index in [0.29, 0.717) is 23.7 Å². The second kappa shape index (κ2) is 10.7. The predicted molar refractivity (Wildman–Crippen MR) is 123 cm³/mol. The summed E-state index contributed by atoms with van der Waals surface area (Å²) >= 11 is 3.53. The summed E-state index contributed by atoms with van der Waals surface area (Å²) < 4.78 is 16.1. The molecule has 0 aliphatic carbocycles. The molecule has 0 unspecified atom stereocenters. The highest BCUT2D eigenvalue weighted by molar-refractivity contribution is 14.1. The second-order valence-corrected chi connectivity index (χ2v) is 8.70. The Balaban J connectivity index is 1.77. The van der Waals surface area contributed by atoms with Crippen LogP contribution in [0.3, 0.4) is 0 Å². The lowest BCUT2D eigenvalue weighted by Crippen LogP contribution is -2.21. The monoisotopic (exact) mass is 538 g/mol. The zero-order chi connectivity index (χ0) is 21.5. The van der Waals surface area contributed by atoms with E-state index < -0.39 is 0 Å². The van der Waals surface area contributed by atoms with E-state index in [0.717, 1.165) is 21.5 Å². The molecule has 9 heteroatoms. The highest BCUT2D eigenvalue weighted by Crippen LogP contribution is 2.24. The van der Waals surface area contributed by atoms with Crippen LogP contribution in [0.2, 0.25) is 0 Å². The summed E-state index contributed by atoms with van der Waals surface area (Å²) in [5.41, 5.74) is 1.37. The van der Waals surface area contributed by atoms with Gasteiger partial charge in [-0.3, -0.25) is 14.2 Å². The van der Waals surface area contributed by atoms with Gasteiger partial charge in [0.25, 0.3) is 0 Å². The number of amides is 1. The minimum Gasteiger partial charge on any atom is -0.356 e. The van der Waals surface area contributed by atoms with Gasteiger partial charge in [-0.2, -0.15) is 0 Å². The number of carbonyl (C=O) groups excluding carboxylic acids is 2. The zero-order valence-electron chi connectivity index (χ0n) is 16.3. The van der Waals surface area contributed by atoms with E-state index in [1.165, 1.54) is 43.0 Å². The number of Topliss-reactive ketones (excluding diaryl/α,β-unsaturated/α-hetero) is 1. The first-order valence-corrected chi connectivity index (χ1v) is 11.4. The third kappa shape index (κ3) is 6.11. The van der Waals surface area contributed by atoms with Crippen molar-refractivity contribution in [3.05, 3.63) is 69.3 Å². The zero-order valence-corrected chi connectivity index (χ0v) is 19.2. The molecule has 0 aliphatic heterocycles. The molecule has 3 rings (SSSR count). The van der Waals surface area contributed by atoms with Crippen molar-refractivity contribution in [2.75, 3.05) is 12.3 Å². The Hall–Kier alpha value is -2.27. The molecule has 0 bridgehead atoms. The number of hydrogen-bond acceptors (Lipinski definition) is 5. The molecule has 1 N–H and O–H groups in total. The molecular weight excluding hydrogens is 518 g/mol. The number of carbonyl (C=O) groups is 2. The third-order valence-electron chi connectivity index (χ3n) is 4.23. The number of hydrogen-bond donors (Lipinski definition) is 1. The van der Waals surface area contributed by atoms with Gasteiger partial charge in [-0.05, 0) is 77.5 Å². The number of nitrogens with one attached hydrogen (secondary N) is 1. The molecule has 3 aromatic rings. The molecule has 0 aliphatic rings. The molecule has 30 heavy (non-hydrogen) atoms. The topological polar surface area (TPSA) is 76.9 Å². The number of benzene rings is 2. The lowest BCUT2D eigenvalue weighted by Gasteiger charge is -2.10. The fraction of sp³-hybridized carbons (Fsp3) is 0.238. The molecule has 2 aromatic carbocycles. The molecule has 6 nitrogen and oxygen atoms in total. The Morgan fingerprint density at radius 3 is 2.47 bits per heavy atom. The van der Waals surface area contributed by atoms with E-state index in [1.807, 2.05) is 28.8 Å². The fourth-order valence-electron chi connectivity index (χ4n) is 2.77. The van der Waals surface area contributed by atoms with Crippen molar-refractivity contribution in [1.29, 1.82) is 0 Å². The van der Waals surface area contributed by atoms with E-state index in [4.69, 9.17) is 0 Å². The van der Waals surface area contributed by atoms with Crippen molar-refractivity contribution >= 4 is 46.0 Å². The van der Waals surface area contributed by atoms with Crippen molar-refractivity contribution < 1.29 is 14.0 Å². The molecular formula is C21H20FIN4O2S. The number of halogens is 2. The SMILES string of the molecule is CC(=O)NCCCc1nnc(SCC(=O)c2ccc(F)cc2)n1-c1ccc(I)cc1. The quantitative estimate of drug-likeness (QED) is 0.193. The molecule has 0 spiro atoms. The maximum Gasteiger partial charge on any atom is 0.216 e. The third-order valence-corrected chi connectivity index (χ3v) is 5.88. The molecule has 1 heterocycles. The molecule has 0 atom stereocenters. The highest BCUT2D eigenvalue weighted by Gasteiger charge is 2.16. The maximum absolute atomic E-state index is 13.1. The van der Waals surface area contributed by atoms with Gasteiger partial charge in [0.2, 0.25) is 5.91 Å². The van der Waals surface area contributed by atoms with Gasteiger partial charge in [-0.15, -0.1) is 10.2 Å². The van der Waals surface area contributed by atoms with Crippen molar-refractivity contribution in [2.24, 2.45) is 0 Å². The van der Waals surface area contributed by atoms with Crippen LogP contribution >= 0.6 is 34.4 Å². The summed E-state index contributed by atoms with van der Waals surface area (Å²) in [5, 5.41) is 12.0. The molecule has 1 aromatic heterocycles. The second-order valence-electron chi connectivity index (χ2n) is 6.52. The van der Waals surface area contributed by atoms with Crippen LogP contribution in [0, 0.1) is 9.39 Å². The van der Waals surface area contributed by atoms with Crippen molar-refractivity contribution in [3.63, 3.8) is 0 Å². The summed E-state index contributed by atoms with van der Waals surface area (Å²) in [4.78, 5) is 23.5. The summed E-state index contributed by atoms with van der Waals surface area (Å²) in [6.45, 7) is 2.04. The smallest absolute Gasteiger partial charge is 0.216 e. The summed E-state index contributed by atoms with van der Waals surface area (Å²) in [6, 6.07) is 13.5. The molecule has 0 radical (unpaired) electrons. The number of thioether (sulfide) groups is 1. The number of ketones is 1. The fourth-order valence-corrected chi connectivity index (χ4v) is 3.99. The minimum absolute atomic E-state index is 0.0651. The van der Waals surface area contributed by atoms with Crippen LogP contribution in [0.15, 0.2) is 53.7 Å². The van der Waals surface area contributed by atoms with E-state index in [9.17, 15) is 14.0 Å². The van der Waals surface area contributed by atoms with Gasteiger partial charge < -0.3 is 5.32 Å². The summed E-state index contributed by atoms with van der Waals surface area (Å²) in [7, 11) is 0. The van der Waals surface area contributed by atoms with Crippen LogP contribution in [0.4, 0.5) is 4.39 Å². The Morgan fingerprint density at radius 2 is 1.80 bits per heavy atom. The van der Waals surface area contributed by atoms with Crippen LogP contribution in [0.25, 0.3) is 5.69 Å². The van der Waals surface area contributed by atoms with Gasteiger partial charge in [0, 0.05) is 34.7 Å². The number of rotatable bonds is 9. The van der Waals surface area contributed by atoms with Crippen LogP contribution in [0.1, 0.15) is 29.5 Å². The summed E-state index contributed by atoms with van der Waals surface area (Å²) in [5.74, 6) is 0.383. The highest BCUT2D eigenvalue weighted by atomic mass is 127. The molecule has 1 amide bonds. The Labute approximate surface area is 191 Å². The van der Waals surface area contributed by atoms with Gasteiger partial charge in [-0.25, -0.2) is 4.39 Å². The van der Waals surface area contributed by atoms with E-state index in [2.05, 4.69) is 38.1 Å². The standard InChI is InChI=1S/C21H20FIN4O2S/c1-14(28)24-12-2-3-20-25-26-21(27(20)18-10-8-17(23)9-11-18)30-13-19(29)15-4-6-16(22)7-5-15/h4-11H,2-3,12-13H2,1H3,(H,24,28). The maximum atomic E-state index is 13.1. The average Bonchev–Trinajstić information content (AvgIpc) is 3.13. The van der Waals surface area contributed by atoms with Crippen LogP contribution in [-0.4, -0.2) is 38.8 Å². The molecule has 0 fully saturated rings. The van der Waals surface area contributed by atoms with Gasteiger partial charge in [0.05, 0.1) is 5.75 Å². The Bertz CT molecular complexity index is 1020. The van der Waals surface area contributed by atoms with Gasteiger partial charge in [0.15, 0.2) is 10.9 Å². The van der Waals surface area contributed by atoms with E-state index in [-0.39, 0.29) is 23.3 Å². The first kappa shape index (κ1) is 22.4. The van der Waals surface area contributed by atoms with Gasteiger partial charge in [-0.1, -0.05) is 11.8 Å². The van der Waals surface area contributed by atoms with Crippen LogP contribution < -0.4 is 5.32 Å². The average molecular weight is 538 g/mol. The van der Waals surface area contributed by atoms with Gasteiger partial charge >= 0.3 is 0 Å². The largest absolute Gasteiger partial charge is 0.356 e. The molecule has 156 valence electrons. The number of aryl methyl sites for hydroxylation is 1. The molecule has 0 saturated carbocycles. The van der Waals surface area contributed by atoms with Crippen molar-refractivity contribution in [1.82, 2.24) is 20.1 Å². The van der Waals surface area contributed by atoms with Crippen LogP contribution in [-0.2, 0) is 11.2 Å². The van der Waals surface area contributed by atoms with Gasteiger partial charge in [0.1, 0.15) is 11.6 Å². The van der Waals surface area contributed by atoms with E-state index in [1.54, 1.807) is 0 Å². The van der Waals surface area contributed by atoms with E-state index >= 15 is 0 Å². The first-order valence-electron chi connectivity index (χ1n) is 9.30. The predicted octanol–water partition coefficient (Wildman–Crippen LogP) is 4.05. The normalized spacial score (nSPS) is 10.8. The van der Waals surface area contributed by atoms with Crippen LogP contribution in [0.5, 0.6) is 0 Å². The lowest BCUT2D eigenvalue weighted by atomic mass is 10.1. The minimum atomic E-state index is -0.374. The number of nitrogens with zero attached hydrogens (tertiary/aromatic N) is 3. The molecule has 0 saturated heterocycles. The summed E-state index contributed by atoms with van der Waals surface area (Å²) in [6.07, 6.45) is 1.35. The Kier molecular flexibility index (Phi) is 7.97. The lowest BCUT2D eigenvalue weighted by molar-refractivity contribution is -0.118. The van der Waals surface area contributed by atoms with Crippen molar-refractivity contribution in [3.8, 4) is 5.69 Å². The van der Waals surface area contributed by atoms with Crippen molar-refractivity contribution in [2.45, 2.75) is 24.9 Å². The first-order chi connectivity index (χ1) is 14.4. The Morgan fingerprint density at radius 1 is 1.10 bits per heavy atom. The number of aromatic nitrogens is 3.